The Morgan fingerprint density at radius 2 is 2.00 bits per heavy atom. The van der Waals surface area contributed by atoms with Gasteiger partial charge in [0, 0.05) is 28.5 Å². The van der Waals surface area contributed by atoms with Crippen LogP contribution in [0.4, 0.5) is 0 Å². The number of fused-ring (bicyclic) bond motifs is 1. The molecule has 3 rings (SSSR count). The van der Waals surface area contributed by atoms with Crippen LogP contribution in [0.3, 0.4) is 0 Å². The Balaban J connectivity index is 2.12. The zero-order valence-electron chi connectivity index (χ0n) is 13.7. The van der Waals surface area contributed by atoms with E-state index in [4.69, 9.17) is 11.6 Å². The first-order valence-electron chi connectivity index (χ1n) is 8.03. The molecule has 0 amide bonds. The maximum atomic E-state index is 12.3. The molecule has 2 heterocycles. The highest BCUT2D eigenvalue weighted by Gasteiger charge is 2.14. The lowest BCUT2D eigenvalue weighted by molar-refractivity contribution is 0.143. The highest BCUT2D eigenvalue weighted by molar-refractivity contribution is 6.30. The predicted molar refractivity (Wildman–Crippen MR) is 95.5 cm³/mol. The number of benzene rings is 1. The molecule has 0 fully saturated rings. The molecule has 0 saturated carbocycles. The fraction of sp³-hybridized carbons (Fsp3) is 0.333. The Bertz CT molecular complexity index is 912. The van der Waals surface area contributed by atoms with E-state index in [1.165, 1.54) is 4.40 Å². The van der Waals surface area contributed by atoms with Gasteiger partial charge in [-0.1, -0.05) is 37.1 Å². The number of aliphatic hydroxyl groups excluding tert-OH is 1. The summed E-state index contributed by atoms with van der Waals surface area (Å²) < 4.78 is 3.41. The van der Waals surface area contributed by atoms with E-state index in [2.05, 4.69) is 4.98 Å². The number of hydrogen-bond acceptors (Lipinski definition) is 3. The van der Waals surface area contributed by atoms with Gasteiger partial charge in [-0.15, -0.1) is 0 Å². The number of aryl methyl sites for hydroxylation is 1. The first-order chi connectivity index (χ1) is 11.5. The highest BCUT2D eigenvalue weighted by atomic mass is 35.5. The van der Waals surface area contributed by atoms with E-state index in [0.717, 1.165) is 17.7 Å². The van der Waals surface area contributed by atoms with Gasteiger partial charge in [-0.2, -0.15) is 0 Å². The van der Waals surface area contributed by atoms with E-state index in [1.54, 1.807) is 24.4 Å². The van der Waals surface area contributed by atoms with Gasteiger partial charge in [-0.3, -0.25) is 9.20 Å². The smallest absolute Gasteiger partial charge is 0.259 e. The fourth-order valence-electron chi connectivity index (χ4n) is 2.83. The summed E-state index contributed by atoms with van der Waals surface area (Å²) in [7, 11) is 0. The molecule has 3 aromatic rings. The van der Waals surface area contributed by atoms with Crippen LogP contribution in [0.15, 0.2) is 41.3 Å². The minimum Gasteiger partial charge on any atom is -0.391 e. The van der Waals surface area contributed by atoms with Crippen LogP contribution in [0.5, 0.6) is 0 Å². The highest BCUT2D eigenvalue weighted by Crippen LogP contribution is 2.21. The monoisotopic (exact) mass is 345 g/mol. The lowest BCUT2D eigenvalue weighted by Gasteiger charge is -2.15. The summed E-state index contributed by atoms with van der Waals surface area (Å²) >= 11 is 5.93. The van der Waals surface area contributed by atoms with Gasteiger partial charge < -0.3 is 9.67 Å². The lowest BCUT2D eigenvalue weighted by atomic mass is 10.2. The molecule has 0 radical (unpaired) electrons. The Labute approximate surface area is 145 Å². The Kier molecular flexibility index (Phi) is 4.73. The molecule has 0 bridgehead atoms. The number of imidazole rings is 1. The zero-order chi connectivity index (χ0) is 17.3. The van der Waals surface area contributed by atoms with E-state index in [9.17, 15) is 9.90 Å². The number of hydrogen-bond donors (Lipinski definition) is 1. The summed E-state index contributed by atoms with van der Waals surface area (Å²) in [5.74, 6) is 0.542. The molecule has 5 nitrogen and oxygen atoms in total. The minimum absolute atomic E-state index is 0.128. The second-order valence-electron chi connectivity index (χ2n) is 5.98. The lowest BCUT2D eigenvalue weighted by Crippen LogP contribution is -2.23. The van der Waals surface area contributed by atoms with Crippen molar-refractivity contribution in [3.05, 3.63) is 57.6 Å². The van der Waals surface area contributed by atoms with Crippen molar-refractivity contribution in [2.24, 2.45) is 0 Å². The van der Waals surface area contributed by atoms with Gasteiger partial charge in [0.15, 0.2) is 0 Å². The molecule has 0 saturated heterocycles. The van der Waals surface area contributed by atoms with E-state index in [1.807, 2.05) is 30.5 Å². The van der Waals surface area contributed by atoms with Crippen molar-refractivity contribution in [2.45, 2.75) is 39.3 Å². The first kappa shape index (κ1) is 16.7. The van der Waals surface area contributed by atoms with Crippen LogP contribution in [-0.4, -0.2) is 25.2 Å². The van der Waals surface area contributed by atoms with Crippen LogP contribution in [0.25, 0.3) is 17.0 Å². The van der Waals surface area contributed by atoms with E-state index >= 15 is 0 Å². The van der Waals surface area contributed by atoms with Gasteiger partial charge in [-0.25, -0.2) is 4.98 Å². The van der Waals surface area contributed by atoms with E-state index in [0.29, 0.717) is 29.5 Å². The van der Waals surface area contributed by atoms with Gasteiger partial charge in [0.1, 0.15) is 0 Å². The van der Waals surface area contributed by atoms with Crippen LogP contribution in [0, 0.1) is 6.92 Å². The van der Waals surface area contributed by atoms with Crippen molar-refractivity contribution in [1.29, 1.82) is 0 Å². The molecular formula is C18H20ClN3O2. The van der Waals surface area contributed by atoms with Crippen molar-refractivity contribution in [3.63, 3.8) is 0 Å². The normalized spacial score (nSPS) is 12.7. The Hall–Kier alpha value is -2.11. The fourth-order valence-corrected chi connectivity index (χ4v) is 2.95. The van der Waals surface area contributed by atoms with Crippen LogP contribution < -0.4 is 5.56 Å². The second kappa shape index (κ2) is 6.79. The third-order valence-electron chi connectivity index (χ3n) is 4.08. The van der Waals surface area contributed by atoms with Crippen LogP contribution in [0.1, 0.15) is 25.5 Å². The standard InChI is InChI=1S/C18H20ClN3O2/c1-3-4-15(23)10-21-12(2)9-17(24)22-11-16(20-18(21)22)13-5-7-14(19)8-6-13/h5-9,11,15,23H,3-4,10H2,1-2H3. The second-order valence-corrected chi connectivity index (χ2v) is 6.42. The number of nitrogens with zero attached hydrogens (tertiary/aromatic N) is 3. The number of aliphatic hydroxyl groups is 1. The molecule has 126 valence electrons. The van der Waals surface area contributed by atoms with Gasteiger partial charge in [-0.05, 0) is 25.5 Å². The van der Waals surface area contributed by atoms with Crippen molar-refractivity contribution >= 4 is 17.4 Å². The molecule has 1 aromatic carbocycles. The first-order valence-corrected chi connectivity index (χ1v) is 8.41. The molecule has 0 aliphatic heterocycles. The van der Waals surface area contributed by atoms with Crippen LogP contribution in [0.2, 0.25) is 5.02 Å². The maximum absolute atomic E-state index is 12.3. The molecule has 24 heavy (non-hydrogen) atoms. The third kappa shape index (κ3) is 3.23. The molecule has 2 aromatic heterocycles. The van der Waals surface area contributed by atoms with E-state index in [-0.39, 0.29) is 5.56 Å². The summed E-state index contributed by atoms with van der Waals surface area (Å²) in [5, 5.41) is 10.8. The molecule has 0 aliphatic rings. The maximum Gasteiger partial charge on any atom is 0.259 e. The SMILES string of the molecule is CCCC(O)Cn1c(C)cc(=O)n2cc(-c3ccc(Cl)cc3)nc12. The quantitative estimate of drug-likeness (QED) is 0.772. The number of halogens is 1. The van der Waals surface area contributed by atoms with Gasteiger partial charge >= 0.3 is 0 Å². The summed E-state index contributed by atoms with van der Waals surface area (Å²) in [4.78, 5) is 16.9. The van der Waals surface area contributed by atoms with Crippen LogP contribution >= 0.6 is 11.6 Å². The topological polar surface area (TPSA) is 59.5 Å². The summed E-state index contributed by atoms with van der Waals surface area (Å²) in [6.45, 7) is 4.31. The molecule has 6 heteroatoms. The molecule has 1 N–H and O–H groups in total. The average Bonchev–Trinajstić information content (AvgIpc) is 2.98. The molecule has 0 spiro atoms. The van der Waals surface area contributed by atoms with Crippen molar-refractivity contribution in [2.75, 3.05) is 0 Å². The minimum atomic E-state index is -0.462. The molecular weight excluding hydrogens is 326 g/mol. The largest absolute Gasteiger partial charge is 0.391 e. The van der Waals surface area contributed by atoms with E-state index < -0.39 is 6.10 Å². The van der Waals surface area contributed by atoms with Gasteiger partial charge in [0.25, 0.3) is 5.56 Å². The summed E-state index contributed by atoms with van der Waals surface area (Å²) in [6, 6.07) is 8.90. The van der Waals surface area contributed by atoms with Crippen molar-refractivity contribution < 1.29 is 5.11 Å². The van der Waals surface area contributed by atoms with Gasteiger partial charge in [0.05, 0.1) is 18.3 Å². The molecule has 1 unspecified atom stereocenters. The summed E-state index contributed by atoms with van der Waals surface area (Å²) in [6.07, 6.45) is 2.88. The zero-order valence-corrected chi connectivity index (χ0v) is 14.5. The molecule has 1 atom stereocenters. The van der Waals surface area contributed by atoms with Crippen LogP contribution in [-0.2, 0) is 6.54 Å². The number of rotatable bonds is 5. The van der Waals surface area contributed by atoms with Crippen molar-refractivity contribution in [1.82, 2.24) is 14.0 Å². The number of aromatic nitrogens is 3. The Morgan fingerprint density at radius 3 is 2.67 bits per heavy atom. The predicted octanol–water partition coefficient (Wildman–Crippen LogP) is 3.29. The van der Waals surface area contributed by atoms with Crippen molar-refractivity contribution in [3.8, 4) is 11.3 Å². The molecule has 0 aliphatic carbocycles. The third-order valence-corrected chi connectivity index (χ3v) is 4.33. The Morgan fingerprint density at radius 1 is 1.29 bits per heavy atom. The van der Waals surface area contributed by atoms with Gasteiger partial charge in [0.2, 0.25) is 5.78 Å². The average molecular weight is 346 g/mol. The summed E-state index contributed by atoms with van der Waals surface area (Å²) in [5.41, 5.74) is 2.25.